The highest BCUT2D eigenvalue weighted by atomic mass is 32.2. The highest BCUT2D eigenvalue weighted by Crippen LogP contribution is 2.32. The van der Waals surface area contributed by atoms with Crippen LogP contribution in [-0.2, 0) is 4.79 Å². The first-order valence-corrected chi connectivity index (χ1v) is 8.17. The van der Waals surface area contributed by atoms with Crippen molar-refractivity contribution in [2.45, 2.75) is 0 Å². The molecule has 0 saturated carbocycles. The van der Waals surface area contributed by atoms with Crippen LogP contribution in [0.3, 0.4) is 0 Å². The Labute approximate surface area is 144 Å². The highest BCUT2D eigenvalue weighted by Gasteiger charge is 2.34. The summed E-state index contributed by atoms with van der Waals surface area (Å²) in [6.07, 6.45) is 1.72. The fraction of sp³-hybridized carbons (Fsp3) is 0.111. The molecule has 0 aliphatic carbocycles. The molecule has 1 aliphatic heterocycles. The van der Waals surface area contributed by atoms with Crippen molar-refractivity contribution in [2.75, 3.05) is 19.1 Å². The Hall–Kier alpha value is -2.73. The molecule has 0 atom stereocenters. The second-order valence-electron chi connectivity index (χ2n) is 5.08. The molecule has 2 aromatic rings. The molecule has 24 heavy (non-hydrogen) atoms. The lowest BCUT2D eigenvalue weighted by Crippen LogP contribution is -2.33. The third-order valence-electron chi connectivity index (χ3n) is 3.50. The number of nitrogens with one attached hydrogen (secondary N) is 1. The SMILES string of the molecule is COc1ccc(C=C2SC(=O)N(CNc3ccccc3)C2=O)cc1. The quantitative estimate of drug-likeness (QED) is 0.839. The average Bonchev–Trinajstić information content (AvgIpc) is 2.88. The molecule has 2 aromatic carbocycles. The third kappa shape index (κ3) is 3.60. The number of amides is 2. The minimum absolute atomic E-state index is 0.147. The molecule has 0 bridgehead atoms. The number of anilines is 1. The van der Waals surface area contributed by atoms with Gasteiger partial charge in [0, 0.05) is 5.69 Å². The molecule has 3 rings (SSSR count). The topological polar surface area (TPSA) is 58.6 Å². The van der Waals surface area contributed by atoms with Crippen LogP contribution in [0.25, 0.3) is 6.08 Å². The lowest BCUT2D eigenvalue weighted by atomic mass is 10.2. The maximum atomic E-state index is 12.4. The Kier molecular flexibility index (Phi) is 4.86. The van der Waals surface area contributed by atoms with Gasteiger partial charge in [-0.1, -0.05) is 30.3 Å². The van der Waals surface area contributed by atoms with Gasteiger partial charge < -0.3 is 10.1 Å². The van der Waals surface area contributed by atoms with Crippen molar-refractivity contribution in [3.8, 4) is 5.75 Å². The molecular formula is C18H16N2O3S. The van der Waals surface area contributed by atoms with E-state index < -0.39 is 0 Å². The summed E-state index contributed by atoms with van der Waals surface area (Å²) in [5, 5.41) is 2.80. The number of para-hydroxylation sites is 1. The predicted molar refractivity (Wildman–Crippen MR) is 95.7 cm³/mol. The van der Waals surface area contributed by atoms with Gasteiger partial charge in [0.2, 0.25) is 0 Å². The van der Waals surface area contributed by atoms with Crippen LogP contribution in [0.5, 0.6) is 5.75 Å². The summed E-state index contributed by atoms with van der Waals surface area (Å²) in [5.74, 6) is 0.455. The van der Waals surface area contributed by atoms with E-state index in [0.717, 1.165) is 28.8 Å². The fourth-order valence-corrected chi connectivity index (χ4v) is 3.05. The molecule has 2 amide bonds. The molecule has 1 fully saturated rings. The third-order valence-corrected chi connectivity index (χ3v) is 4.41. The molecule has 0 spiro atoms. The molecule has 1 aliphatic rings. The van der Waals surface area contributed by atoms with Gasteiger partial charge in [0.1, 0.15) is 5.75 Å². The number of hydrogen-bond donors (Lipinski definition) is 1. The zero-order valence-electron chi connectivity index (χ0n) is 13.1. The maximum absolute atomic E-state index is 12.4. The van der Waals surface area contributed by atoms with Crippen LogP contribution in [0, 0.1) is 0 Å². The van der Waals surface area contributed by atoms with Crippen molar-refractivity contribution in [2.24, 2.45) is 0 Å². The molecule has 0 unspecified atom stereocenters. The standard InChI is InChI=1S/C18H16N2O3S/c1-23-15-9-7-13(8-10-15)11-16-17(21)20(18(22)24-16)12-19-14-5-3-2-4-6-14/h2-11,19H,12H2,1H3. The zero-order chi connectivity index (χ0) is 16.9. The second-order valence-corrected chi connectivity index (χ2v) is 6.08. The van der Waals surface area contributed by atoms with Gasteiger partial charge in [-0.15, -0.1) is 0 Å². The van der Waals surface area contributed by atoms with Crippen LogP contribution in [0.4, 0.5) is 10.5 Å². The van der Waals surface area contributed by atoms with Gasteiger partial charge in [-0.3, -0.25) is 14.5 Å². The van der Waals surface area contributed by atoms with Gasteiger partial charge in [0.15, 0.2) is 0 Å². The molecule has 1 heterocycles. The van der Waals surface area contributed by atoms with Crippen molar-refractivity contribution < 1.29 is 14.3 Å². The summed E-state index contributed by atoms with van der Waals surface area (Å²) in [7, 11) is 1.60. The van der Waals surface area contributed by atoms with Gasteiger partial charge in [-0.25, -0.2) is 0 Å². The van der Waals surface area contributed by atoms with Gasteiger partial charge in [0.05, 0.1) is 18.7 Å². The number of thioether (sulfide) groups is 1. The lowest BCUT2D eigenvalue weighted by molar-refractivity contribution is -0.122. The number of methoxy groups -OCH3 is 1. The zero-order valence-corrected chi connectivity index (χ0v) is 13.9. The van der Waals surface area contributed by atoms with Crippen LogP contribution in [0.15, 0.2) is 59.5 Å². The first kappa shape index (κ1) is 16.1. The molecular weight excluding hydrogens is 324 g/mol. The van der Waals surface area contributed by atoms with Crippen molar-refractivity contribution in [3.63, 3.8) is 0 Å². The molecule has 5 nitrogen and oxygen atoms in total. The number of carbonyl (C=O) groups excluding carboxylic acids is 2. The fourth-order valence-electron chi connectivity index (χ4n) is 2.21. The molecule has 0 radical (unpaired) electrons. The number of ether oxygens (including phenoxy) is 1. The summed E-state index contributed by atoms with van der Waals surface area (Å²) in [6.45, 7) is 0.147. The summed E-state index contributed by atoms with van der Waals surface area (Å²) in [5.41, 5.74) is 1.70. The Morgan fingerprint density at radius 2 is 1.79 bits per heavy atom. The van der Waals surface area contributed by atoms with Crippen molar-refractivity contribution in [1.82, 2.24) is 4.90 Å². The van der Waals surface area contributed by atoms with E-state index in [1.165, 1.54) is 4.90 Å². The van der Waals surface area contributed by atoms with Crippen LogP contribution >= 0.6 is 11.8 Å². The normalized spacial score (nSPS) is 15.9. The number of carbonyl (C=O) groups is 2. The highest BCUT2D eigenvalue weighted by molar-refractivity contribution is 8.18. The van der Waals surface area contributed by atoms with Gasteiger partial charge in [-0.05, 0) is 47.7 Å². The monoisotopic (exact) mass is 340 g/mol. The van der Waals surface area contributed by atoms with E-state index >= 15 is 0 Å². The predicted octanol–water partition coefficient (Wildman–Crippen LogP) is 3.80. The molecule has 0 aromatic heterocycles. The van der Waals surface area contributed by atoms with E-state index in [2.05, 4.69) is 5.32 Å². The summed E-state index contributed by atoms with van der Waals surface area (Å²) in [4.78, 5) is 26.1. The number of hydrogen-bond acceptors (Lipinski definition) is 5. The Bertz CT molecular complexity index is 773. The van der Waals surface area contributed by atoms with Crippen LogP contribution in [0.1, 0.15) is 5.56 Å². The lowest BCUT2D eigenvalue weighted by Gasteiger charge is -2.14. The number of nitrogens with zero attached hydrogens (tertiary/aromatic N) is 1. The first-order valence-electron chi connectivity index (χ1n) is 7.36. The van der Waals surface area contributed by atoms with Crippen LogP contribution < -0.4 is 10.1 Å². The minimum atomic E-state index is -0.288. The van der Waals surface area contributed by atoms with Crippen molar-refractivity contribution in [3.05, 3.63) is 65.1 Å². The maximum Gasteiger partial charge on any atom is 0.295 e. The van der Waals surface area contributed by atoms with Crippen LogP contribution in [0.2, 0.25) is 0 Å². The smallest absolute Gasteiger partial charge is 0.295 e. The summed E-state index contributed by atoms with van der Waals surface area (Å²) < 4.78 is 5.10. The first-order chi connectivity index (χ1) is 11.7. The molecule has 122 valence electrons. The van der Waals surface area contributed by atoms with Gasteiger partial charge in [0.25, 0.3) is 11.1 Å². The van der Waals surface area contributed by atoms with E-state index in [1.54, 1.807) is 13.2 Å². The summed E-state index contributed by atoms with van der Waals surface area (Å²) in [6, 6.07) is 16.8. The number of benzene rings is 2. The summed E-state index contributed by atoms with van der Waals surface area (Å²) >= 11 is 0.949. The minimum Gasteiger partial charge on any atom is -0.497 e. The average molecular weight is 340 g/mol. The Morgan fingerprint density at radius 1 is 1.08 bits per heavy atom. The number of imide groups is 1. The van der Waals surface area contributed by atoms with E-state index in [-0.39, 0.29) is 17.8 Å². The largest absolute Gasteiger partial charge is 0.497 e. The van der Waals surface area contributed by atoms with Crippen molar-refractivity contribution >= 4 is 34.7 Å². The van der Waals surface area contributed by atoms with E-state index in [4.69, 9.17) is 4.74 Å². The van der Waals surface area contributed by atoms with E-state index in [9.17, 15) is 9.59 Å². The van der Waals surface area contributed by atoms with Gasteiger partial charge >= 0.3 is 0 Å². The second kappa shape index (κ2) is 7.23. The number of rotatable bonds is 5. The van der Waals surface area contributed by atoms with E-state index in [0.29, 0.717) is 4.91 Å². The van der Waals surface area contributed by atoms with E-state index in [1.807, 2.05) is 54.6 Å². The Balaban J connectivity index is 1.69. The Morgan fingerprint density at radius 3 is 2.46 bits per heavy atom. The molecule has 1 N–H and O–H groups in total. The molecule has 1 saturated heterocycles. The van der Waals surface area contributed by atoms with Crippen molar-refractivity contribution in [1.29, 1.82) is 0 Å². The molecule has 6 heteroatoms. The van der Waals surface area contributed by atoms with Gasteiger partial charge in [-0.2, -0.15) is 0 Å². The van der Waals surface area contributed by atoms with Crippen LogP contribution in [-0.4, -0.2) is 29.8 Å².